The van der Waals surface area contributed by atoms with E-state index in [9.17, 15) is 0 Å². The van der Waals surface area contributed by atoms with Crippen molar-refractivity contribution >= 4 is 0 Å². The molecule has 1 aromatic rings. The van der Waals surface area contributed by atoms with Crippen LogP contribution in [0.5, 0.6) is 5.75 Å². The van der Waals surface area contributed by atoms with Gasteiger partial charge < -0.3 is 14.4 Å². The summed E-state index contributed by atoms with van der Waals surface area (Å²) in [4.78, 5) is 2.76. The monoisotopic (exact) mass is 341 g/mol. The number of hydrogen-bond donors (Lipinski definition) is 0. The molecule has 3 aliphatic heterocycles. The van der Waals surface area contributed by atoms with Gasteiger partial charge in [0, 0.05) is 50.1 Å². The van der Waals surface area contributed by atoms with Gasteiger partial charge in [0.05, 0.1) is 6.10 Å². The molecule has 136 valence electrons. The lowest BCUT2D eigenvalue weighted by Crippen LogP contribution is -2.58. The molecule has 0 amide bonds. The third kappa shape index (κ3) is 2.71. The first-order chi connectivity index (χ1) is 12.3. The molecule has 0 radical (unpaired) electrons. The van der Waals surface area contributed by atoms with Gasteiger partial charge in [0.1, 0.15) is 11.4 Å². The summed E-state index contributed by atoms with van der Waals surface area (Å²) in [6.07, 6.45) is 10.7. The number of aryl methyl sites for hydroxylation is 1. The second kappa shape index (κ2) is 6.28. The molecule has 0 unspecified atom stereocenters. The van der Waals surface area contributed by atoms with E-state index in [1.807, 2.05) is 0 Å². The fourth-order valence-electron chi connectivity index (χ4n) is 5.90. The van der Waals surface area contributed by atoms with Crippen molar-refractivity contribution in [3.05, 3.63) is 29.3 Å². The van der Waals surface area contributed by atoms with Crippen molar-refractivity contribution in [2.75, 3.05) is 19.7 Å². The third-order valence-electron chi connectivity index (χ3n) is 7.27. The van der Waals surface area contributed by atoms with Crippen LogP contribution < -0.4 is 4.74 Å². The molecule has 5 rings (SSSR count). The van der Waals surface area contributed by atoms with Crippen molar-refractivity contribution in [2.45, 2.75) is 76.0 Å². The molecule has 2 atom stereocenters. The Kier molecular flexibility index (Phi) is 4.05. The van der Waals surface area contributed by atoms with E-state index < -0.39 is 0 Å². The van der Waals surface area contributed by atoms with Crippen molar-refractivity contribution in [3.63, 3.8) is 0 Å². The van der Waals surface area contributed by atoms with Crippen LogP contribution in [-0.2, 0) is 4.74 Å². The SMILES string of the molecule is Cc1ccc2c(c1)OC1(CCN(C3CCCC3)CC1)[C@@H]1CCCO[C@@H]21. The van der Waals surface area contributed by atoms with Gasteiger partial charge in [-0.05, 0) is 44.2 Å². The van der Waals surface area contributed by atoms with Crippen LogP contribution in [0.1, 0.15) is 68.6 Å². The molecule has 1 saturated carbocycles. The molecule has 3 fully saturated rings. The highest BCUT2D eigenvalue weighted by Crippen LogP contribution is 2.53. The highest BCUT2D eigenvalue weighted by atomic mass is 16.5. The molecule has 1 aromatic carbocycles. The van der Waals surface area contributed by atoms with Crippen LogP contribution >= 0.6 is 0 Å². The van der Waals surface area contributed by atoms with Crippen molar-refractivity contribution in [1.82, 2.24) is 4.90 Å². The minimum atomic E-state index is 0.000976. The first kappa shape index (κ1) is 16.1. The molecule has 0 bridgehead atoms. The standard InChI is InChI=1S/C22H31NO2/c1-16-8-9-18-20(15-16)25-22(19-7-4-14-24-21(18)19)10-12-23(13-11-22)17-5-2-3-6-17/h8-9,15,17,19,21H,2-7,10-14H2,1H3/t19-,21+/m1/s1. The number of rotatable bonds is 1. The Balaban J connectivity index is 1.42. The maximum atomic E-state index is 6.82. The van der Waals surface area contributed by atoms with E-state index in [1.54, 1.807) is 0 Å². The smallest absolute Gasteiger partial charge is 0.126 e. The van der Waals surface area contributed by atoms with Crippen molar-refractivity contribution in [3.8, 4) is 5.75 Å². The minimum absolute atomic E-state index is 0.000976. The van der Waals surface area contributed by atoms with E-state index in [-0.39, 0.29) is 11.7 Å². The van der Waals surface area contributed by atoms with E-state index in [0.29, 0.717) is 5.92 Å². The first-order valence-corrected chi connectivity index (χ1v) is 10.4. The van der Waals surface area contributed by atoms with E-state index in [4.69, 9.17) is 9.47 Å². The summed E-state index contributed by atoms with van der Waals surface area (Å²) in [5.41, 5.74) is 2.58. The predicted molar refractivity (Wildman–Crippen MR) is 99.0 cm³/mol. The molecular weight excluding hydrogens is 310 g/mol. The van der Waals surface area contributed by atoms with Crippen LogP contribution in [0.4, 0.5) is 0 Å². The van der Waals surface area contributed by atoms with E-state index in [1.165, 1.54) is 75.6 Å². The van der Waals surface area contributed by atoms with Gasteiger partial charge in [-0.2, -0.15) is 0 Å². The Bertz CT molecular complexity index is 629. The Morgan fingerprint density at radius 2 is 1.84 bits per heavy atom. The molecule has 3 nitrogen and oxygen atoms in total. The summed E-state index contributed by atoms with van der Waals surface area (Å²) in [6.45, 7) is 5.47. The lowest BCUT2D eigenvalue weighted by Gasteiger charge is -2.54. The molecule has 4 aliphatic rings. The first-order valence-electron chi connectivity index (χ1n) is 10.4. The molecule has 1 aliphatic carbocycles. The van der Waals surface area contributed by atoms with Gasteiger partial charge in [0.15, 0.2) is 0 Å². The Labute approximate surface area is 151 Å². The lowest BCUT2D eigenvalue weighted by atomic mass is 9.69. The largest absolute Gasteiger partial charge is 0.486 e. The number of benzene rings is 1. The number of piperidine rings is 1. The summed E-state index contributed by atoms with van der Waals surface area (Å²) in [6, 6.07) is 7.52. The molecule has 2 saturated heterocycles. The minimum Gasteiger partial charge on any atom is -0.486 e. The van der Waals surface area contributed by atoms with Crippen LogP contribution in [0.15, 0.2) is 18.2 Å². The van der Waals surface area contributed by atoms with Crippen LogP contribution in [0.2, 0.25) is 0 Å². The van der Waals surface area contributed by atoms with E-state index >= 15 is 0 Å². The average Bonchev–Trinajstić information content (AvgIpc) is 3.17. The fourth-order valence-corrected chi connectivity index (χ4v) is 5.90. The summed E-state index contributed by atoms with van der Waals surface area (Å²) in [5, 5.41) is 0. The van der Waals surface area contributed by atoms with Gasteiger partial charge in [-0.25, -0.2) is 0 Å². The number of hydrogen-bond acceptors (Lipinski definition) is 3. The zero-order chi connectivity index (χ0) is 16.9. The molecule has 3 heterocycles. The van der Waals surface area contributed by atoms with Gasteiger partial charge in [-0.1, -0.05) is 25.0 Å². The van der Waals surface area contributed by atoms with Crippen LogP contribution in [-0.4, -0.2) is 36.2 Å². The zero-order valence-electron chi connectivity index (χ0n) is 15.5. The topological polar surface area (TPSA) is 21.7 Å². The van der Waals surface area contributed by atoms with Gasteiger partial charge in [0.2, 0.25) is 0 Å². The van der Waals surface area contributed by atoms with Crippen LogP contribution in [0.25, 0.3) is 0 Å². The molecule has 3 heteroatoms. The summed E-state index contributed by atoms with van der Waals surface area (Å²) < 4.78 is 13.1. The number of likely N-dealkylation sites (tertiary alicyclic amines) is 1. The van der Waals surface area contributed by atoms with E-state index in [2.05, 4.69) is 30.0 Å². The molecule has 25 heavy (non-hydrogen) atoms. The summed E-state index contributed by atoms with van der Waals surface area (Å²) in [7, 11) is 0. The molecular formula is C22H31NO2. The van der Waals surface area contributed by atoms with Crippen molar-refractivity contribution < 1.29 is 9.47 Å². The fraction of sp³-hybridized carbons (Fsp3) is 0.727. The maximum Gasteiger partial charge on any atom is 0.126 e. The maximum absolute atomic E-state index is 6.82. The highest BCUT2D eigenvalue weighted by Gasteiger charge is 2.52. The summed E-state index contributed by atoms with van der Waals surface area (Å²) >= 11 is 0. The van der Waals surface area contributed by atoms with Crippen LogP contribution in [0.3, 0.4) is 0 Å². The lowest BCUT2D eigenvalue weighted by molar-refractivity contribution is -0.151. The predicted octanol–water partition coefficient (Wildman–Crippen LogP) is 4.63. The van der Waals surface area contributed by atoms with Gasteiger partial charge in [-0.3, -0.25) is 0 Å². The highest BCUT2D eigenvalue weighted by molar-refractivity contribution is 5.42. The van der Waals surface area contributed by atoms with Gasteiger partial charge in [0.25, 0.3) is 0 Å². The van der Waals surface area contributed by atoms with Gasteiger partial charge >= 0.3 is 0 Å². The Morgan fingerprint density at radius 3 is 2.64 bits per heavy atom. The number of nitrogens with zero attached hydrogens (tertiary/aromatic N) is 1. The second-order valence-corrected chi connectivity index (χ2v) is 8.72. The van der Waals surface area contributed by atoms with Crippen molar-refractivity contribution in [1.29, 1.82) is 0 Å². The zero-order valence-corrected chi connectivity index (χ0v) is 15.5. The second-order valence-electron chi connectivity index (χ2n) is 8.72. The third-order valence-corrected chi connectivity index (χ3v) is 7.27. The quantitative estimate of drug-likeness (QED) is 0.743. The average molecular weight is 341 g/mol. The summed E-state index contributed by atoms with van der Waals surface area (Å²) in [5.74, 6) is 1.62. The molecule has 0 aromatic heterocycles. The molecule has 1 spiro atoms. The van der Waals surface area contributed by atoms with Crippen molar-refractivity contribution in [2.24, 2.45) is 5.92 Å². The van der Waals surface area contributed by atoms with Gasteiger partial charge in [-0.15, -0.1) is 0 Å². The normalized spacial score (nSPS) is 32.2. The van der Waals surface area contributed by atoms with Crippen LogP contribution in [0, 0.1) is 12.8 Å². The number of fused-ring (bicyclic) bond motifs is 4. The van der Waals surface area contributed by atoms with E-state index in [0.717, 1.165) is 18.4 Å². The number of ether oxygens (including phenoxy) is 2. The Morgan fingerprint density at radius 1 is 1.04 bits per heavy atom. The molecule has 0 N–H and O–H groups in total. The Hall–Kier alpha value is -1.06.